The Balaban J connectivity index is 1.63. The SMILES string of the molecule is Cc1ccc(S(=O)(=O)N(C)CC(=O)N[C@@H](C)c2ccc3c(c2)CCCC3)cc1. The van der Waals surface area contributed by atoms with Crippen LogP contribution in [0.3, 0.4) is 0 Å². The molecule has 5 nitrogen and oxygen atoms in total. The van der Waals surface area contributed by atoms with Crippen LogP contribution in [0.2, 0.25) is 0 Å². The molecular weight excluding hydrogens is 372 g/mol. The van der Waals surface area contributed by atoms with E-state index in [-0.39, 0.29) is 23.4 Å². The normalized spacial score (nSPS) is 15.1. The van der Waals surface area contributed by atoms with Crippen molar-refractivity contribution in [3.63, 3.8) is 0 Å². The summed E-state index contributed by atoms with van der Waals surface area (Å²) in [5, 5.41) is 2.92. The zero-order valence-corrected chi connectivity index (χ0v) is 17.6. The number of hydrogen-bond donors (Lipinski definition) is 1. The van der Waals surface area contributed by atoms with Crippen LogP contribution in [-0.2, 0) is 27.7 Å². The number of aryl methyl sites for hydroxylation is 3. The van der Waals surface area contributed by atoms with Crippen molar-refractivity contribution in [3.05, 3.63) is 64.7 Å². The first-order valence-corrected chi connectivity index (χ1v) is 11.2. The third-order valence-corrected chi connectivity index (χ3v) is 7.16. The average molecular weight is 401 g/mol. The topological polar surface area (TPSA) is 66.5 Å². The van der Waals surface area contributed by atoms with Gasteiger partial charge in [0.1, 0.15) is 0 Å². The Morgan fingerprint density at radius 1 is 1.07 bits per heavy atom. The number of carbonyl (C=O) groups excluding carboxylic acids is 1. The van der Waals surface area contributed by atoms with Gasteiger partial charge in [0, 0.05) is 7.05 Å². The first kappa shape index (κ1) is 20.6. The van der Waals surface area contributed by atoms with Crippen LogP contribution in [0.5, 0.6) is 0 Å². The second-order valence-electron chi connectivity index (χ2n) is 7.60. The molecule has 2 aromatic carbocycles. The molecule has 1 amide bonds. The van der Waals surface area contributed by atoms with Crippen molar-refractivity contribution in [2.45, 2.75) is 50.5 Å². The first-order valence-electron chi connectivity index (χ1n) is 9.71. The number of fused-ring (bicyclic) bond motifs is 1. The molecule has 0 unspecified atom stereocenters. The highest BCUT2D eigenvalue weighted by Gasteiger charge is 2.23. The van der Waals surface area contributed by atoms with Gasteiger partial charge in [-0.2, -0.15) is 4.31 Å². The fraction of sp³-hybridized carbons (Fsp3) is 0.409. The van der Waals surface area contributed by atoms with Crippen molar-refractivity contribution in [1.82, 2.24) is 9.62 Å². The molecule has 150 valence electrons. The highest BCUT2D eigenvalue weighted by molar-refractivity contribution is 7.89. The molecule has 0 spiro atoms. The molecule has 1 aliphatic rings. The van der Waals surface area contributed by atoms with Gasteiger partial charge in [0.05, 0.1) is 17.5 Å². The summed E-state index contributed by atoms with van der Waals surface area (Å²) < 4.78 is 26.4. The monoisotopic (exact) mass is 400 g/mol. The number of hydrogen-bond acceptors (Lipinski definition) is 3. The number of amides is 1. The van der Waals surface area contributed by atoms with Gasteiger partial charge < -0.3 is 5.32 Å². The highest BCUT2D eigenvalue weighted by atomic mass is 32.2. The van der Waals surface area contributed by atoms with E-state index in [1.54, 1.807) is 24.3 Å². The van der Waals surface area contributed by atoms with Crippen LogP contribution in [0.4, 0.5) is 0 Å². The number of sulfonamides is 1. The minimum Gasteiger partial charge on any atom is -0.348 e. The Hall–Kier alpha value is -2.18. The van der Waals surface area contributed by atoms with Gasteiger partial charge in [0.2, 0.25) is 15.9 Å². The lowest BCUT2D eigenvalue weighted by atomic mass is 9.89. The molecule has 0 saturated heterocycles. The molecule has 0 aliphatic heterocycles. The van der Waals surface area contributed by atoms with Gasteiger partial charge in [0.15, 0.2) is 0 Å². The molecule has 0 aromatic heterocycles. The predicted octanol–water partition coefficient (Wildman–Crippen LogP) is 3.37. The van der Waals surface area contributed by atoms with Gasteiger partial charge in [-0.15, -0.1) is 0 Å². The Bertz CT molecular complexity index is 952. The number of likely N-dealkylation sites (N-methyl/N-ethyl adjacent to an activating group) is 1. The van der Waals surface area contributed by atoms with Gasteiger partial charge >= 0.3 is 0 Å². The van der Waals surface area contributed by atoms with Crippen LogP contribution in [0, 0.1) is 6.92 Å². The second-order valence-corrected chi connectivity index (χ2v) is 9.64. The third-order valence-electron chi connectivity index (χ3n) is 5.35. The zero-order valence-electron chi connectivity index (χ0n) is 16.7. The summed E-state index contributed by atoms with van der Waals surface area (Å²) in [7, 11) is -2.26. The van der Waals surface area contributed by atoms with E-state index in [9.17, 15) is 13.2 Å². The van der Waals surface area contributed by atoms with Gasteiger partial charge in [-0.3, -0.25) is 4.79 Å². The fourth-order valence-corrected chi connectivity index (χ4v) is 4.70. The summed E-state index contributed by atoms with van der Waals surface area (Å²) in [6, 6.07) is 12.8. The number of benzene rings is 2. The first-order chi connectivity index (χ1) is 13.3. The highest BCUT2D eigenvalue weighted by Crippen LogP contribution is 2.24. The van der Waals surface area contributed by atoms with Crippen LogP contribution in [0.1, 0.15) is 48.1 Å². The number of rotatable bonds is 6. The van der Waals surface area contributed by atoms with E-state index in [2.05, 4.69) is 23.5 Å². The number of nitrogens with one attached hydrogen (secondary N) is 1. The molecule has 0 saturated carbocycles. The summed E-state index contributed by atoms with van der Waals surface area (Å²) in [5.74, 6) is -0.316. The van der Waals surface area contributed by atoms with E-state index in [0.717, 1.165) is 28.3 Å². The molecule has 1 aliphatic carbocycles. The predicted molar refractivity (Wildman–Crippen MR) is 111 cm³/mol. The molecule has 1 N–H and O–H groups in total. The second kappa shape index (κ2) is 8.45. The van der Waals surface area contributed by atoms with Crippen LogP contribution >= 0.6 is 0 Å². The molecular formula is C22H28N2O3S. The van der Waals surface area contributed by atoms with E-state index in [0.29, 0.717) is 0 Å². The summed E-state index contributed by atoms with van der Waals surface area (Å²) in [6.07, 6.45) is 4.65. The van der Waals surface area contributed by atoms with E-state index in [4.69, 9.17) is 0 Å². The average Bonchev–Trinajstić information content (AvgIpc) is 2.67. The van der Waals surface area contributed by atoms with Gasteiger partial charge in [-0.05, 0) is 68.4 Å². The molecule has 3 rings (SSSR count). The van der Waals surface area contributed by atoms with Crippen molar-refractivity contribution in [3.8, 4) is 0 Å². The van der Waals surface area contributed by atoms with Crippen molar-refractivity contribution in [2.75, 3.05) is 13.6 Å². The van der Waals surface area contributed by atoms with E-state index in [1.807, 2.05) is 13.8 Å². The van der Waals surface area contributed by atoms with Crippen LogP contribution in [0.15, 0.2) is 47.4 Å². The Morgan fingerprint density at radius 3 is 2.39 bits per heavy atom. The maximum atomic E-state index is 12.6. The summed E-state index contributed by atoms with van der Waals surface area (Å²) in [5.41, 5.74) is 4.80. The van der Waals surface area contributed by atoms with Gasteiger partial charge in [0.25, 0.3) is 0 Å². The maximum Gasteiger partial charge on any atom is 0.243 e. The van der Waals surface area contributed by atoms with Crippen LogP contribution in [-0.4, -0.2) is 32.2 Å². The van der Waals surface area contributed by atoms with E-state index < -0.39 is 10.0 Å². The lowest BCUT2D eigenvalue weighted by molar-refractivity contribution is -0.121. The summed E-state index contributed by atoms with van der Waals surface area (Å²) in [6.45, 7) is 3.61. The van der Waals surface area contributed by atoms with Crippen molar-refractivity contribution < 1.29 is 13.2 Å². The molecule has 0 fully saturated rings. The van der Waals surface area contributed by atoms with Gasteiger partial charge in [-0.1, -0.05) is 35.9 Å². The minimum absolute atomic E-state index is 0.171. The van der Waals surface area contributed by atoms with Crippen LogP contribution in [0.25, 0.3) is 0 Å². The van der Waals surface area contributed by atoms with E-state index in [1.165, 1.54) is 31.0 Å². The van der Waals surface area contributed by atoms with Crippen molar-refractivity contribution in [1.29, 1.82) is 0 Å². The standard InChI is InChI=1S/C22H28N2O3S/c1-16-8-12-21(13-9-16)28(26,27)24(3)15-22(25)23-17(2)19-11-10-18-6-4-5-7-20(18)14-19/h8-14,17H,4-7,15H2,1-3H3,(H,23,25)/t17-/m0/s1. The fourth-order valence-electron chi connectivity index (χ4n) is 3.57. The van der Waals surface area contributed by atoms with Gasteiger partial charge in [-0.25, -0.2) is 8.42 Å². The minimum atomic E-state index is -3.69. The smallest absolute Gasteiger partial charge is 0.243 e. The number of nitrogens with zero attached hydrogens (tertiary/aromatic N) is 1. The summed E-state index contributed by atoms with van der Waals surface area (Å²) in [4.78, 5) is 12.6. The molecule has 0 radical (unpaired) electrons. The Kier molecular flexibility index (Phi) is 6.20. The Labute approximate surface area is 167 Å². The maximum absolute atomic E-state index is 12.6. The van der Waals surface area contributed by atoms with E-state index >= 15 is 0 Å². The molecule has 0 heterocycles. The lowest BCUT2D eigenvalue weighted by Gasteiger charge is -2.21. The summed E-state index contributed by atoms with van der Waals surface area (Å²) >= 11 is 0. The van der Waals surface area contributed by atoms with Crippen LogP contribution < -0.4 is 5.32 Å². The third kappa shape index (κ3) is 4.62. The van der Waals surface area contributed by atoms with Crippen molar-refractivity contribution >= 4 is 15.9 Å². The largest absolute Gasteiger partial charge is 0.348 e. The molecule has 0 bridgehead atoms. The molecule has 28 heavy (non-hydrogen) atoms. The quantitative estimate of drug-likeness (QED) is 0.808. The Morgan fingerprint density at radius 2 is 1.71 bits per heavy atom. The zero-order chi connectivity index (χ0) is 20.3. The molecule has 1 atom stereocenters. The number of carbonyl (C=O) groups is 1. The van der Waals surface area contributed by atoms with Crippen molar-refractivity contribution in [2.24, 2.45) is 0 Å². The molecule has 6 heteroatoms. The lowest BCUT2D eigenvalue weighted by Crippen LogP contribution is -2.39. The molecule has 2 aromatic rings.